The zero-order valence-electron chi connectivity index (χ0n) is 25.4. The summed E-state index contributed by atoms with van der Waals surface area (Å²) in [7, 11) is 1.65. The van der Waals surface area contributed by atoms with Gasteiger partial charge in [-0.2, -0.15) is 0 Å². The summed E-state index contributed by atoms with van der Waals surface area (Å²) < 4.78 is 11.7. The van der Waals surface area contributed by atoms with Crippen molar-refractivity contribution in [3.8, 4) is 11.5 Å². The molecule has 0 unspecified atom stereocenters. The van der Waals surface area contributed by atoms with Gasteiger partial charge in [0.2, 0.25) is 5.91 Å². The molecule has 0 spiro atoms. The Bertz CT molecular complexity index is 1040. The monoisotopic (exact) mass is 646 g/mol. The standard InChI is InChI=1S/C34H50N2O3S.BrH/c1-4-5-6-7-8-9-10-11-12-13-14-15-23-39-34-30(17-16-18-32(34)38-3)24-33(37)35-31-21-19-29(20-22-31)26-36-25-28(2)40-27-36;/h16-22,25H,4-15,23-24,26-27H2,1-3H3,(H,35,37);1H. The van der Waals surface area contributed by atoms with Crippen LogP contribution in [0.3, 0.4) is 0 Å². The van der Waals surface area contributed by atoms with Crippen molar-refractivity contribution in [3.05, 3.63) is 64.7 Å². The summed E-state index contributed by atoms with van der Waals surface area (Å²) in [6.07, 6.45) is 18.2. The van der Waals surface area contributed by atoms with Crippen LogP contribution in [-0.4, -0.2) is 30.4 Å². The molecule has 0 aliphatic carbocycles. The number of hydrogen-bond acceptors (Lipinski definition) is 5. The van der Waals surface area contributed by atoms with Crippen LogP contribution in [0.5, 0.6) is 11.5 Å². The minimum absolute atomic E-state index is 0. The quantitative estimate of drug-likeness (QED) is 0.145. The second-order valence-corrected chi connectivity index (χ2v) is 12.1. The van der Waals surface area contributed by atoms with Gasteiger partial charge in [-0.1, -0.05) is 102 Å². The molecule has 0 radical (unpaired) electrons. The number of halogens is 1. The topological polar surface area (TPSA) is 50.8 Å². The molecule has 0 aromatic heterocycles. The van der Waals surface area contributed by atoms with Crippen LogP contribution in [0.25, 0.3) is 0 Å². The van der Waals surface area contributed by atoms with Gasteiger partial charge in [0.1, 0.15) is 0 Å². The number of para-hydroxylation sites is 1. The van der Waals surface area contributed by atoms with E-state index < -0.39 is 0 Å². The van der Waals surface area contributed by atoms with E-state index in [1.165, 1.54) is 81.1 Å². The molecular formula is C34H51BrN2O3S. The zero-order chi connectivity index (χ0) is 28.4. The SMILES string of the molecule is Br.CCCCCCCCCCCCCCOc1c(CC(=O)Nc2ccc(CN3C=C(C)SC3)cc2)cccc1OC. The lowest BCUT2D eigenvalue weighted by Gasteiger charge is -2.16. The summed E-state index contributed by atoms with van der Waals surface area (Å²) in [4.78, 5) is 16.5. The molecule has 1 aliphatic heterocycles. The maximum Gasteiger partial charge on any atom is 0.228 e. The molecule has 0 bridgehead atoms. The lowest BCUT2D eigenvalue weighted by molar-refractivity contribution is -0.115. The van der Waals surface area contributed by atoms with Crippen LogP contribution >= 0.6 is 28.7 Å². The molecule has 2 aromatic rings. The number of carbonyl (C=O) groups excluding carboxylic acids is 1. The number of rotatable bonds is 20. The molecular weight excluding hydrogens is 596 g/mol. The minimum Gasteiger partial charge on any atom is -0.493 e. The van der Waals surface area contributed by atoms with Gasteiger partial charge in [0.15, 0.2) is 11.5 Å². The number of unbranched alkanes of at least 4 members (excludes halogenated alkanes) is 11. The number of methoxy groups -OCH3 is 1. The maximum atomic E-state index is 12.9. The van der Waals surface area contributed by atoms with E-state index in [1.54, 1.807) is 7.11 Å². The number of carbonyl (C=O) groups is 1. The Hall–Kier alpha value is -2.12. The number of thioether (sulfide) groups is 1. The molecule has 1 N–H and O–H groups in total. The van der Waals surface area contributed by atoms with Crippen molar-refractivity contribution in [2.45, 2.75) is 104 Å². The van der Waals surface area contributed by atoms with E-state index >= 15 is 0 Å². The van der Waals surface area contributed by atoms with Gasteiger partial charge in [-0.05, 0) is 42.0 Å². The Kier molecular flexibility index (Phi) is 17.7. The average Bonchev–Trinajstić information content (AvgIpc) is 3.37. The Morgan fingerprint density at radius 3 is 2.12 bits per heavy atom. The number of nitrogens with zero attached hydrogens (tertiary/aromatic N) is 1. The van der Waals surface area contributed by atoms with Gasteiger partial charge in [0.05, 0.1) is 26.0 Å². The summed E-state index contributed by atoms with van der Waals surface area (Å²) in [5.74, 6) is 2.29. The number of allylic oxidation sites excluding steroid dienone is 1. The largest absolute Gasteiger partial charge is 0.493 e. The highest BCUT2D eigenvalue weighted by Crippen LogP contribution is 2.32. The van der Waals surface area contributed by atoms with Crippen LogP contribution in [0.15, 0.2) is 53.6 Å². The highest BCUT2D eigenvalue weighted by atomic mass is 79.9. The first kappa shape index (κ1) is 35.1. The lowest BCUT2D eigenvalue weighted by atomic mass is 10.1. The van der Waals surface area contributed by atoms with E-state index in [-0.39, 0.29) is 29.3 Å². The van der Waals surface area contributed by atoms with Crippen molar-refractivity contribution in [1.82, 2.24) is 4.90 Å². The van der Waals surface area contributed by atoms with Crippen molar-refractivity contribution < 1.29 is 14.3 Å². The molecule has 7 heteroatoms. The smallest absolute Gasteiger partial charge is 0.228 e. The number of anilines is 1. The van der Waals surface area contributed by atoms with Gasteiger partial charge in [-0.3, -0.25) is 4.79 Å². The highest BCUT2D eigenvalue weighted by Gasteiger charge is 2.15. The van der Waals surface area contributed by atoms with E-state index in [1.807, 2.05) is 42.1 Å². The third-order valence-electron chi connectivity index (χ3n) is 7.32. The molecule has 3 rings (SSSR count). The third-order valence-corrected chi connectivity index (χ3v) is 8.34. The van der Waals surface area contributed by atoms with E-state index in [4.69, 9.17) is 9.47 Å². The van der Waals surface area contributed by atoms with Gasteiger partial charge in [0, 0.05) is 24.0 Å². The predicted octanol–water partition coefficient (Wildman–Crippen LogP) is 9.90. The number of nitrogens with one attached hydrogen (secondary N) is 1. The molecule has 0 fully saturated rings. The van der Waals surface area contributed by atoms with Crippen molar-refractivity contribution in [1.29, 1.82) is 0 Å². The van der Waals surface area contributed by atoms with Gasteiger partial charge in [-0.15, -0.1) is 28.7 Å². The summed E-state index contributed by atoms with van der Waals surface area (Å²) >= 11 is 1.86. The molecule has 228 valence electrons. The first-order valence-electron chi connectivity index (χ1n) is 15.3. The van der Waals surface area contributed by atoms with E-state index in [9.17, 15) is 4.79 Å². The number of ether oxygens (including phenoxy) is 2. The zero-order valence-corrected chi connectivity index (χ0v) is 28.0. The van der Waals surface area contributed by atoms with Crippen LogP contribution in [0, 0.1) is 0 Å². The molecule has 1 amide bonds. The summed E-state index contributed by atoms with van der Waals surface area (Å²) in [5.41, 5.74) is 2.88. The first-order chi connectivity index (χ1) is 19.6. The first-order valence-corrected chi connectivity index (χ1v) is 16.3. The maximum absolute atomic E-state index is 12.9. The van der Waals surface area contributed by atoms with Crippen LogP contribution in [0.2, 0.25) is 0 Å². The fraction of sp³-hybridized carbons (Fsp3) is 0.559. The molecule has 5 nitrogen and oxygen atoms in total. The second-order valence-electron chi connectivity index (χ2n) is 10.9. The van der Waals surface area contributed by atoms with Crippen LogP contribution in [-0.2, 0) is 17.8 Å². The highest BCUT2D eigenvalue weighted by molar-refractivity contribution is 8.93. The second kappa shape index (κ2) is 20.7. The molecule has 1 heterocycles. The minimum atomic E-state index is -0.0642. The Morgan fingerprint density at radius 1 is 0.902 bits per heavy atom. The Labute approximate surface area is 263 Å². The Morgan fingerprint density at radius 2 is 1.54 bits per heavy atom. The molecule has 1 aliphatic rings. The lowest BCUT2D eigenvalue weighted by Crippen LogP contribution is -2.16. The predicted molar refractivity (Wildman–Crippen MR) is 180 cm³/mol. The van der Waals surface area contributed by atoms with E-state index in [0.29, 0.717) is 18.1 Å². The van der Waals surface area contributed by atoms with Gasteiger partial charge < -0.3 is 19.7 Å². The van der Waals surface area contributed by atoms with Crippen LogP contribution in [0.4, 0.5) is 5.69 Å². The number of hydrogen-bond donors (Lipinski definition) is 1. The van der Waals surface area contributed by atoms with Crippen LogP contribution in [0.1, 0.15) is 102 Å². The van der Waals surface area contributed by atoms with E-state index in [0.717, 1.165) is 30.1 Å². The average molecular weight is 648 g/mol. The third kappa shape index (κ3) is 13.6. The van der Waals surface area contributed by atoms with Crippen molar-refractivity contribution in [2.24, 2.45) is 0 Å². The molecule has 0 saturated heterocycles. The van der Waals surface area contributed by atoms with Crippen molar-refractivity contribution in [3.63, 3.8) is 0 Å². The number of amides is 1. The number of benzene rings is 2. The Balaban J connectivity index is 0.00000588. The van der Waals surface area contributed by atoms with Crippen LogP contribution < -0.4 is 14.8 Å². The summed E-state index contributed by atoms with van der Waals surface area (Å²) in [5, 5.41) is 3.04. The van der Waals surface area contributed by atoms with Gasteiger partial charge in [-0.25, -0.2) is 0 Å². The molecule has 2 aromatic carbocycles. The fourth-order valence-electron chi connectivity index (χ4n) is 5.06. The molecule has 41 heavy (non-hydrogen) atoms. The van der Waals surface area contributed by atoms with Gasteiger partial charge >= 0.3 is 0 Å². The summed E-state index contributed by atoms with van der Waals surface area (Å²) in [6, 6.07) is 13.9. The van der Waals surface area contributed by atoms with E-state index in [2.05, 4.69) is 42.4 Å². The normalized spacial score (nSPS) is 12.6. The fourth-order valence-corrected chi connectivity index (χ4v) is 5.82. The van der Waals surface area contributed by atoms with Gasteiger partial charge in [0.25, 0.3) is 0 Å². The summed E-state index contributed by atoms with van der Waals surface area (Å²) in [6.45, 7) is 5.93. The van der Waals surface area contributed by atoms with Crippen molar-refractivity contribution in [2.75, 3.05) is 24.9 Å². The van der Waals surface area contributed by atoms with Crippen molar-refractivity contribution >= 4 is 40.3 Å². The molecule has 0 saturated carbocycles. The molecule has 0 atom stereocenters.